The number of aromatic nitrogens is 1. The molecule has 21 heavy (non-hydrogen) atoms. The number of aliphatic carboxylic acids is 1. The normalized spacial score (nSPS) is 10.3. The van der Waals surface area contributed by atoms with E-state index in [2.05, 4.69) is 4.98 Å². The van der Waals surface area contributed by atoms with E-state index in [1.807, 2.05) is 30.3 Å². The number of benzene rings is 1. The standard InChI is InChI=1S/C15H15ClN2O3/c16-11-9-13(17-10-11)15(21)18(8-4-7-14(19)20)12-5-2-1-3-6-12/h1-3,5-6,9-10,17H,4,7-8H2,(H,19,20). The Morgan fingerprint density at radius 1 is 1.24 bits per heavy atom. The Bertz CT molecular complexity index is 625. The van der Waals surface area contributed by atoms with E-state index >= 15 is 0 Å². The highest BCUT2D eigenvalue weighted by Crippen LogP contribution is 2.19. The summed E-state index contributed by atoms with van der Waals surface area (Å²) in [6.45, 7) is 0.325. The van der Waals surface area contributed by atoms with Crippen LogP contribution < -0.4 is 4.90 Å². The minimum absolute atomic E-state index is 0.0160. The van der Waals surface area contributed by atoms with Crippen LogP contribution in [0.1, 0.15) is 23.3 Å². The maximum atomic E-state index is 12.5. The number of nitrogens with one attached hydrogen (secondary N) is 1. The second-order valence-electron chi connectivity index (χ2n) is 4.52. The average Bonchev–Trinajstić information content (AvgIpc) is 2.90. The summed E-state index contributed by atoms with van der Waals surface area (Å²) in [5.41, 5.74) is 1.10. The minimum Gasteiger partial charge on any atom is -0.481 e. The minimum atomic E-state index is -0.877. The van der Waals surface area contributed by atoms with Crippen LogP contribution in [0.15, 0.2) is 42.6 Å². The smallest absolute Gasteiger partial charge is 0.303 e. The lowest BCUT2D eigenvalue weighted by atomic mass is 10.2. The molecule has 1 heterocycles. The van der Waals surface area contributed by atoms with Crippen LogP contribution in [0.4, 0.5) is 5.69 Å². The van der Waals surface area contributed by atoms with E-state index in [1.54, 1.807) is 11.0 Å². The number of aromatic amines is 1. The monoisotopic (exact) mass is 306 g/mol. The molecule has 0 atom stereocenters. The molecule has 1 aromatic heterocycles. The number of anilines is 1. The van der Waals surface area contributed by atoms with Crippen molar-refractivity contribution in [3.63, 3.8) is 0 Å². The van der Waals surface area contributed by atoms with E-state index < -0.39 is 5.97 Å². The van der Waals surface area contributed by atoms with Crippen LogP contribution in [-0.2, 0) is 4.79 Å². The molecule has 6 heteroatoms. The summed E-state index contributed by atoms with van der Waals surface area (Å²) in [7, 11) is 0. The van der Waals surface area contributed by atoms with Gasteiger partial charge in [-0.05, 0) is 24.6 Å². The summed E-state index contributed by atoms with van der Waals surface area (Å²) >= 11 is 5.82. The Hall–Kier alpha value is -2.27. The molecule has 0 spiro atoms. The molecule has 0 aliphatic rings. The second kappa shape index (κ2) is 6.95. The summed E-state index contributed by atoms with van der Waals surface area (Å²) in [5.74, 6) is -1.11. The first-order valence-corrected chi connectivity index (χ1v) is 6.88. The first-order valence-electron chi connectivity index (χ1n) is 6.50. The van der Waals surface area contributed by atoms with Crippen LogP contribution in [0.2, 0.25) is 5.02 Å². The van der Waals surface area contributed by atoms with E-state index in [0.29, 0.717) is 23.7 Å². The zero-order valence-corrected chi connectivity index (χ0v) is 12.0. The number of H-pyrrole nitrogens is 1. The van der Waals surface area contributed by atoms with Gasteiger partial charge in [0.1, 0.15) is 5.69 Å². The maximum absolute atomic E-state index is 12.5. The van der Waals surface area contributed by atoms with Crippen molar-refractivity contribution in [2.24, 2.45) is 0 Å². The SMILES string of the molecule is O=C(O)CCCN(C(=O)c1cc(Cl)c[nH]1)c1ccccc1. The van der Waals surface area contributed by atoms with Gasteiger partial charge in [0.2, 0.25) is 0 Å². The lowest BCUT2D eigenvalue weighted by molar-refractivity contribution is -0.137. The summed E-state index contributed by atoms with van der Waals surface area (Å²) in [6, 6.07) is 10.7. The van der Waals surface area contributed by atoms with Crippen LogP contribution in [0, 0.1) is 0 Å². The third-order valence-electron chi connectivity index (χ3n) is 2.96. The lowest BCUT2D eigenvalue weighted by Gasteiger charge is -2.22. The zero-order chi connectivity index (χ0) is 15.2. The largest absolute Gasteiger partial charge is 0.481 e. The van der Waals surface area contributed by atoms with Crippen molar-refractivity contribution in [2.75, 3.05) is 11.4 Å². The zero-order valence-electron chi connectivity index (χ0n) is 11.3. The molecule has 0 aliphatic heterocycles. The van der Waals surface area contributed by atoms with Crippen LogP contribution >= 0.6 is 11.6 Å². The molecule has 0 bridgehead atoms. The topological polar surface area (TPSA) is 73.4 Å². The van der Waals surface area contributed by atoms with Gasteiger partial charge in [-0.1, -0.05) is 29.8 Å². The fraction of sp³-hybridized carbons (Fsp3) is 0.200. The summed E-state index contributed by atoms with van der Waals surface area (Å²) in [6.07, 6.45) is 1.93. The van der Waals surface area contributed by atoms with Gasteiger partial charge in [0.15, 0.2) is 0 Å². The van der Waals surface area contributed by atoms with Crippen molar-refractivity contribution in [1.82, 2.24) is 4.98 Å². The number of carboxylic acids is 1. The number of hydrogen-bond acceptors (Lipinski definition) is 2. The van der Waals surface area contributed by atoms with E-state index in [-0.39, 0.29) is 12.3 Å². The highest BCUT2D eigenvalue weighted by molar-refractivity contribution is 6.31. The van der Waals surface area contributed by atoms with Crippen molar-refractivity contribution < 1.29 is 14.7 Å². The fourth-order valence-corrected chi connectivity index (χ4v) is 2.14. The number of halogens is 1. The summed E-state index contributed by atoms with van der Waals surface area (Å²) < 4.78 is 0. The molecular weight excluding hydrogens is 292 g/mol. The van der Waals surface area contributed by atoms with Gasteiger partial charge in [0, 0.05) is 24.8 Å². The van der Waals surface area contributed by atoms with Crippen molar-refractivity contribution in [3.05, 3.63) is 53.3 Å². The Morgan fingerprint density at radius 2 is 1.95 bits per heavy atom. The third kappa shape index (κ3) is 4.10. The fourth-order valence-electron chi connectivity index (χ4n) is 1.98. The van der Waals surface area contributed by atoms with Gasteiger partial charge in [0.05, 0.1) is 5.02 Å². The number of nitrogens with zero attached hydrogens (tertiary/aromatic N) is 1. The van der Waals surface area contributed by atoms with Gasteiger partial charge in [-0.2, -0.15) is 0 Å². The van der Waals surface area contributed by atoms with E-state index in [9.17, 15) is 9.59 Å². The quantitative estimate of drug-likeness (QED) is 0.861. The van der Waals surface area contributed by atoms with Gasteiger partial charge in [-0.15, -0.1) is 0 Å². The molecule has 2 aromatic rings. The molecular formula is C15H15ClN2O3. The Kier molecular flexibility index (Phi) is 5.00. The number of carbonyl (C=O) groups is 2. The van der Waals surface area contributed by atoms with Crippen molar-refractivity contribution in [1.29, 1.82) is 0 Å². The first-order chi connectivity index (χ1) is 10.1. The summed E-state index contributed by atoms with van der Waals surface area (Å²) in [4.78, 5) is 27.5. The van der Waals surface area contributed by atoms with Crippen molar-refractivity contribution in [3.8, 4) is 0 Å². The lowest BCUT2D eigenvalue weighted by Crippen LogP contribution is -2.32. The number of para-hydroxylation sites is 1. The Morgan fingerprint density at radius 3 is 2.52 bits per heavy atom. The number of rotatable bonds is 6. The molecule has 0 aliphatic carbocycles. The number of carboxylic acid groups (broad SMARTS) is 1. The van der Waals surface area contributed by atoms with Gasteiger partial charge in [-0.3, -0.25) is 9.59 Å². The predicted molar refractivity (Wildman–Crippen MR) is 80.8 cm³/mol. The second-order valence-corrected chi connectivity index (χ2v) is 4.96. The van der Waals surface area contributed by atoms with Gasteiger partial charge in [0.25, 0.3) is 5.91 Å². The highest BCUT2D eigenvalue weighted by atomic mass is 35.5. The Labute approximate surface area is 127 Å². The molecule has 1 amide bonds. The van der Waals surface area contributed by atoms with E-state index in [4.69, 9.17) is 16.7 Å². The van der Waals surface area contributed by atoms with Gasteiger partial charge in [-0.25, -0.2) is 0 Å². The van der Waals surface area contributed by atoms with Crippen LogP contribution in [0.25, 0.3) is 0 Å². The van der Waals surface area contributed by atoms with Gasteiger partial charge >= 0.3 is 5.97 Å². The molecule has 110 valence electrons. The molecule has 0 radical (unpaired) electrons. The van der Waals surface area contributed by atoms with E-state index in [1.165, 1.54) is 6.20 Å². The number of hydrogen-bond donors (Lipinski definition) is 2. The third-order valence-corrected chi connectivity index (χ3v) is 3.18. The maximum Gasteiger partial charge on any atom is 0.303 e. The van der Waals surface area contributed by atoms with Crippen LogP contribution in [-0.4, -0.2) is 28.5 Å². The molecule has 0 unspecified atom stereocenters. The van der Waals surface area contributed by atoms with Gasteiger partial charge < -0.3 is 15.0 Å². The highest BCUT2D eigenvalue weighted by Gasteiger charge is 2.19. The predicted octanol–water partition coefficient (Wildman–Crippen LogP) is 3.18. The Balaban J connectivity index is 2.19. The van der Waals surface area contributed by atoms with E-state index in [0.717, 1.165) is 5.69 Å². The number of amides is 1. The van der Waals surface area contributed by atoms with Crippen molar-refractivity contribution >= 4 is 29.2 Å². The molecule has 5 nitrogen and oxygen atoms in total. The van der Waals surface area contributed by atoms with Crippen LogP contribution in [0.5, 0.6) is 0 Å². The molecule has 0 saturated heterocycles. The van der Waals surface area contributed by atoms with Crippen LogP contribution in [0.3, 0.4) is 0 Å². The molecule has 2 N–H and O–H groups in total. The molecule has 2 rings (SSSR count). The first kappa shape index (κ1) is 15.1. The molecule has 0 fully saturated rings. The summed E-state index contributed by atoms with van der Waals surface area (Å²) in [5, 5.41) is 9.18. The molecule has 0 saturated carbocycles. The van der Waals surface area contributed by atoms with Crippen molar-refractivity contribution in [2.45, 2.75) is 12.8 Å². The molecule has 1 aromatic carbocycles. The number of carbonyl (C=O) groups excluding carboxylic acids is 1. The average molecular weight is 307 g/mol.